The second-order valence-corrected chi connectivity index (χ2v) is 7.55. The molecule has 0 spiro atoms. The summed E-state index contributed by atoms with van der Waals surface area (Å²) in [5.41, 5.74) is 2.00. The maximum atomic E-state index is 12.6. The number of carbonyl (C=O) groups excluding carboxylic acids is 1. The molecule has 1 atom stereocenters. The second-order valence-electron chi connectivity index (χ2n) is 7.55. The van der Waals surface area contributed by atoms with E-state index in [1.165, 1.54) is 4.57 Å². The van der Waals surface area contributed by atoms with E-state index in [1.54, 1.807) is 31.3 Å². The van der Waals surface area contributed by atoms with Gasteiger partial charge >= 0.3 is 5.76 Å². The Balaban J connectivity index is 1.37. The molecule has 1 fully saturated rings. The van der Waals surface area contributed by atoms with Crippen LogP contribution in [0.5, 0.6) is 0 Å². The summed E-state index contributed by atoms with van der Waals surface area (Å²) in [4.78, 5) is 34.1. The summed E-state index contributed by atoms with van der Waals surface area (Å²) in [7, 11) is 0. The van der Waals surface area contributed by atoms with E-state index >= 15 is 0 Å². The van der Waals surface area contributed by atoms with Gasteiger partial charge in [0.25, 0.3) is 0 Å². The summed E-state index contributed by atoms with van der Waals surface area (Å²) in [6.07, 6.45) is 1.80. The number of likely N-dealkylation sites (N-methyl/N-ethyl adjacent to an activating group) is 1. The summed E-state index contributed by atoms with van der Waals surface area (Å²) < 4.78 is 6.60. The topological polar surface area (TPSA) is 83.6 Å². The number of anilines is 1. The van der Waals surface area contributed by atoms with Crippen molar-refractivity contribution in [2.75, 3.05) is 37.6 Å². The molecule has 2 aromatic heterocycles. The van der Waals surface area contributed by atoms with E-state index in [4.69, 9.17) is 4.42 Å². The predicted molar refractivity (Wildman–Crippen MR) is 116 cm³/mol. The molecule has 0 bridgehead atoms. The molecule has 30 heavy (non-hydrogen) atoms. The molecule has 8 nitrogen and oxygen atoms in total. The van der Waals surface area contributed by atoms with E-state index in [1.807, 2.05) is 18.2 Å². The molecule has 0 radical (unpaired) electrons. The highest BCUT2D eigenvalue weighted by atomic mass is 16.4. The summed E-state index contributed by atoms with van der Waals surface area (Å²) in [5.74, 6) is 0.182. The van der Waals surface area contributed by atoms with Crippen molar-refractivity contribution in [1.29, 1.82) is 0 Å². The third kappa shape index (κ3) is 4.09. The molecule has 158 valence electrons. The third-order valence-electron chi connectivity index (χ3n) is 5.70. The first-order valence-electron chi connectivity index (χ1n) is 10.4. The predicted octanol–water partition coefficient (Wildman–Crippen LogP) is 2.01. The minimum absolute atomic E-state index is 0.247. The molecule has 3 heterocycles. The van der Waals surface area contributed by atoms with Crippen LogP contribution in [0.4, 0.5) is 5.82 Å². The van der Waals surface area contributed by atoms with Crippen molar-refractivity contribution in [3.8, 4) is 0 Å². The number of rotatable bonds is 6. The van der Waals surface area contributed by atoms with Crippen LogP contribution >= 0.6 is 0 Å². The molecule has 0 aliphatic carbocycles. The minimum atomic E-state index is -0.678. The highest BCUT2D eigenvalue weighted by molar-refractivity contribution is 5.82. The van der Waals surface area contributed by atoms with Gasteiger partial charge in [-0.15, -0.1) is 0 Å². The van der Waals surface area contributed by atoms with E-state index in [-0.39, 0.29) is 5.91 Å². The molecule has 1 amide bonds. The molecule has 8 heteroatoms. The fraction of sp³-hybridized carbons (Fsp3) is 0.409. The van der Waals surface area contributed by atoms with Crippen molar-refractivity contribution in [1.82, 2.24) is 19.8 Å². The molecule has 4 rings (SSSR count). The summed E-state index contributed by atoms with van der Waals surface area (Å²) in [5, 5.41) is 2.89. The highest BCUT2D eigenvalue weighted by Crippen LogP contribution is 2.17. The van der Waals surface area contributed by atoms with E-state index in [9.17, 15) is 9.59 Å². The molecule has 3 aromatic rings. The van der Waals surface area contributed by atoms with Crippen molar-refractivity contribution in [2.24, 2.45) is 0 Å². The largest absolute Gasteiger partial charge is 0.420 e. The fourth-order valence-electron chi connectivity index (χ4n) is 3.81. The van der Waals surface area contributed by atoms with Crippen LogP contribution in [0.2, 0.25) is 0 Å². The van der Waals surface area contributed by atoms with Crippen molar-refractivity contribution in [3.05, 3.63) is 58.7 Å². The second kappa shape index (κ2) is 8.71. The zero-order valence-corrected chi connectivity index (χ0v) is 17.4. The van der Waals surface area contributed by atoms with Gasteiger partial charge in [0.1, 0.15) is 11.9 Å². The Kier molecular flexibility index (Phi) is 5.85. The quantitative estimate of drug-likeness (QED) is 0.671. The number of carbonyl (C=O) groups is 1. The Bertz CT molecular complexity index is 1060. The van der Waals surface area contributed by atoms with Crippen molar-refractivity contribution < 1.29 is 9.21 Å². The van der Waals surface area contributed by atoms with Crippen LogP contribution in [0.1, 0.15) is 25.5 Å². The Labute approximate surface area is 175 Å². The van der Waals surface area contributed by atoms with Crippen LogP contribution in [-0.2, 0) is 11.3 Å². The molecule has 1 N–H and O–H groups in total. The number of oxazole rings is 1. The zero-order chi connectivity index (χ0) is 21.1. The van der Waals surface area contributed by atoms with Crippen LogP contribution in [0.25, 0.3) is 11.1 Å². The van der Waals surface area contributed by atoms with Crippen LogP contribution in [-0.4, -0.2) is 53.1 Å². The molecular formula is C22H27N5O3. The van der Waals surface area contributed by atoms with Gasteiger partial charge in [0.15, 0.2) is 5.58 Å². The van der Waals surface area contributed by atoms with Crippen LogP contribution in [0.3, 0.4) is 0 Å². The lowest BCUT2D eigenvalue weighted by molar-refractivity contribution is -0.124. The number of pyridine rings is 1. The zero-order valence-electron chi connectivity index (χ0n) is 17.4. The SMILES string of the molecule is CCN1CCN(c2ccc(CNC(=O)C(C)n3c(=O)oc4ccccc43)cn2)CC1. The van der Waals surface area contributed by atoms with Crippen molar-refractivity contribution in [2.45, 2.75) is 26.4 Å². The van der Waals surface area contributed by atoms with Gasteiger partial charge in [-0.3, -0.25) is 9.36 Å². The minimum Gasteiger partial charge on any atom is -0.408 e. The van der Waals surface area contributed by atoms with Gasteiger partial charge in [0, 0.05) is 38.9 Å². The Hall–Kier alpha value is -3.13. The number of nitrogens with one attached hydrogen (secondary N) is 1. The molecule has 1 saturated heterocycles. The molecule has 1 unspecified atom stereocenters. The Morgan fingerprint density at radius 1 is 1.17 bits per heavy atom. The normalized spacial score (nSPS) is 16.0. The van der Waals surface area contributed by atoms with Gasteiger partial charge in [0.2, 0.25) is 5.91 Å². The third-order valence-corrected chi connectivity index (χ3v) is 5.70. The Morgan fingerprint density at radius 2 is 1.93 bits per heavy atom. The monoisotopic (exact) mass is 409 g/mol. The summed E-state index contributed by atoms with van der Waals surface area (Å²) in [6, 6.07) is 10.4. The molecule has 1 aromatic carbocycles. The van der Waals surface area contributed by atoms with Gasteiger partial charge in [0.05, 0.1) is 5.52 Å². The van der Waals surface area contributed by atoms with E-state index < -0.39 is 11.8 Å². The number of fused-ring (bicyclic) bond motifs is 1. The van der Waals surface area contributed by atoms with Gasteiger partial charge in [-0.25, -0.2) is 9.78 Å². The maximum Gasteiger partial charge on any atom is 0.420 e. The summed E-state index contributed by atoms with van der Waals surface area (Å²) in [6.45, 7) is 9.36. The number of para-hydroxylation sites is 2. The van der Waals surface area contributed by atoms with Crippen molar-refractivity contribution >= 4 is 22.8 Å². The van der Waals surface area contributed by atoms with Gasteiger partial charge in [-0.2, -0.15) is 0 Å². The lowest BCUT2D eigenvalue weighted by Gasteiger charge is -2.34. The number of hydrogen-bond acceptors (Lipinski definition) is 6. The molecule has 1 aliphatic heterocycles. The van der Waals surface area contributed by atoms with E-state index in [0.717, 1.165) is 44.1 Å². The van der Waals surface area contributed by atoms with E-state index in [0.29, 0.717) is 17.6 Å². The Morgan fingerprint density at radius 3 is 2.63 bits per heavy atom. The van der Waals surface area contributed by atoms with Crippen LogP contribution < -0.4 is 16.0 Å². The van der Waals surface area contributed by atoms with E-state index in [2.05, 4.69) is 27.0 Å². The molecular weight excluding hydrogens is 382 g/mol. The van der Waals surface area contributed by atoms with Crippen LogP contribution in [0, 0.1) is 0 Å². The number of amides is 1. The lowest BCUT2D eigenvalue weighted by Crippen LogP contribution is -2.46. The molecule has 0 saturated carbocycles. The average Bonchev–Trinajstić information content (AvgIpc) is 3.13. The first-order valence-corrected chi connectivity index (χ1v) is 10.4. The maximum absolute atomic E-state index is 12.6. The number of benzene rings is 1. The number of hydrogen-bond donors (Lipinski definition) is 1. The lowest BCUT2D eigenvalue weighted by atomic mass is 10.2. The number of nitrogens with zero attached hydrogens (tertiary/aromatic N) is 4. The summed E-state index contributed by atoms with van der Waals surface area (Å²) >= 11 is 0. The fourth-order valence-corrected chi connectivity index (χ4v) is 3.81. The number of piperazine rings is 1. The smallest absolute Gasteiger partial charge is 0.408 e. The van der Waals surface area contributed by atoms with Gasteiger partial charge in [-0.05, 0) is 37.2 Å². The standard InChI is InChI=1S/C22H27N5O3/c1-3-25-10-12-26(13-11-25)20-9-8-17(14-23-20)15-24-21(28)16(2)27-18-6-4-5-7-19(18)30-22(27)29/h4-9,14,16H,3,10-13,15H2,1-2H3,(H,24,28). The average molecular weight is 409 g/mol. The first kappa shape index (κ1) is 20.2. The van der Waals surface area contributed by atoms with Crippen molar-refractivity contribution in [3.63, 3.8) is 0 Å². The van der Waals surface area contributed by atoms with Gasteiger partial charge < -0.3 is 19.5 Å². The first-order chi connectivity index (χ1) is 14.6. The van der Waals surface area contributed by atoms with Crippen LogP contribution in [0.15, 0.2) is 51.8 Å². The highest BCUT2D eigenvalue weighted by Gasteiger charge is 2.21. The van der Waals surface area contributed by atoms with Gasteiger partial charge in [-0.1, -0.05) is 25.1 Å². The molecule has 1 aliphatic rings. The number of aromatic nitrogens is 2.